The Morgan fingerprint density at radius 1 is 1.53 bits per heavy atom. The molecule has 88 valence electrons. The second kappa shape index (κ2) is 3.85. The minimum Gasteiger partial charge on any atom is -0.355 e. The number of aromatic nitrogens is 2. The van der Waals surface area contributed by atoms with Crippen LogP contribution in [-0.4, -0.2) is 27.7 Å². The number of carbonyl (C=O) groups excluding carboxylic acids is 1. The Bertz CT molecular complexity index is 617. The number of nitrogens with one attached hydrogen (secondary N) is 1. The maximum atomic E-state index is 11.6. The number of hydrogen-bond donors (Lipinski definition) is 1. The van der Waals surface area contributed by atoms with Crippen molar-refractivity contribution in [3.63, 3.8) is 0 Å². The normalized spacial score (nSPS) is 10.5. The zero-order valence-electron chi connectivity index (χ0n) is 9.30. The van der Waals surface area contributed by atoms with Crippen molar-refractivity contribution in [2.45, 2.75) is 0 Å². The van der Waals surface area contributed by atoms with E-state index in [9.17, 15) is 14.9 Å². The number of nitro benzene ring substituents is 1. The highest BCUT2D eigenvalue weighted by atomic mass is 16.6. The molecule has 2 aromatic rings. The molecule has 1 amide bonds. The summed E-state index contributed by atoms with van der Waals surface area (Å²) in [5.41, 5.74) is 0.493. The first-order valence-electron chi connectivity index (χ1n) is 4.87. The Balaban J connectivity index is 2.77. The quantitative estimate of drug-likeness (QED) is 0.615. The maximum Gasteiger partial charge on any atom is 0.282 e. The van der Waals surface area contributed by atoms with Crippen LogP contribution < -0.4 is 5.32 Å². The van der Waals surface area contributed by atoms with Gasteiger partial charge in [0.1, 0.15) is 5.56 Å². The zero-order valence-corrected chi connectivity index (χ0v) is 9.30. The van der Waals surface area contributed by atoms with E-state index in [0.29, 0.717) is 10.9 Å². The van der Waals surface area contributed by atoms with E-state index in [4.69, 9.17) is 0 Å². The van der Waals surface area contributed by atoms with E-state index in [1.54, 1.807) is 11.7 Å². The highest BCUT2D eigenvalue weighted by Crippen LogP contribution is 2.25. The second-order valence-electron chi connectivity index (χ2n) is 3.53. The SMILES string of the molecule is CNC(=O)c1cc2c(cnn2C)cc1[N+](=O)[O-]. The van der Waals surface area contributed by atoms with E-state index in [0.717, 1.165) is 0 Å². The standard InChI is InChI=1S/C10H10N4O3/c1-11-10(15)7-4-8-6(5-12-13(8)2)3-9(7)14(16)17/h3-5H,1-2H3,(H,11,15). The number of rotatable bonds is 2. The third-order valence-corrected chi connectivity index (χ3v) is 2.53. The smallest absolute Gasteiger partial charge is 0.282 e. The van der Waals surface area contributed by atoms with Crippen molar-refractivity contribution >= 4 is 22.5 Å². The number of aryl methyl sites for hydroxylation is 1. The van der Waals surface area contributed by atoms with Crippen LogP contribution in [0.4, 0.5) is 5.69 Å². The fourth-order valence-corrected chi connectivity index (χ4v) is 1.66. The Labute approximate surface area is 96.2 Å². The molecule has 1 aromatic carbocycles. The lowest BCUT2D eigenvalue weighted by Gasteiger charge is -2.02. The molecule has 0 radical (unpaired) electrons. The highest BCUT2D eigenvalue weighted by Gasteiger charge is 2.21. The van der Waals surface area contributed by atoms with Gasteiger partial charge in [0.2, 0.25) is 0 Å². The van der Waals surface area contributed by atoms with Gasteiger partial charge in [0.25, 0.3) is 11.6 Å². The first-order valence-corrected chi connectivity index (χ1v) is 4.87. The van der Waals surface area contributed by atoms with E-state index in [2.05, 4.69) is 10.4 Å². The van der Waals surface area contributed by atoms with Gasteiger partial charge in [-0.25, -0.2) is 0 Å². The topological polar surface area (TPSA) is 90.1 Å². The van der Waals surface area contributed by atoms with Crippen molar-refractivity contribution < 1.29 is 9.72 Å². The minimum atomic E-state index is -0.572. The third kappa shape index (κ3) is 1.71. The molecular weight excluding hydrogens is 224 g/mol. The van der Waals surface area contributed by atoms with Crippen LogP contribution in [0.15, 0.2) is 18.3 Å². The summed E-state index contributed by atoms with van der Waals surface area (Å²) >= 11 is 0. The third-order valence-electron chi connectivity index (χ3n) is 2.53. The van der Waals surface area contributed by atoms with Crippen molar-refractivity contribution in [3.05, 3.63) is 34.0 Å². The molecule has 0 aliphatic heterocycles. The van der Waals surface area contributed by atoms with Gasteiger partial charge in [0.15, 0.2) is 0 Å². The number of benzene rings is 1. The van der Waals surface area contributed by atoms with E-state index in [-0.39, 0.29) is 11.3 Å². The van der Waals surface area contributed by atoms with Crippen LogP contribution in [0.2, 0.25) is 0 Å². The van der Waals surface area contributed by atoms with E-state index < -0.39 is 10.8 Å². The van der Waals surface area contributed by atoms with Gasteiger partial charge < -0.3 is 5.32 Å². The van der Waals surface area contributed by atoms with Crippen molar-refractivity contribution in [1.82, 2.24) is 15.1 Å². The molecule has 0 atom stereocenters. The molecule has 0 saturated heterocycles. The van der Waals surface area contributed by atoms with Gasteiger partial charge in [-0.15, -0.1) is 0 Å². The molecule has 0 bridgehead atoms. The van der Waals surface area contributed by atoms with Gasteiger partial charge >= 0.3 is 0 Å². The van der Waals surface area contributed by atoms with Crippen LogP contribution in [0.5, 0.6) is 0 Å². The molecule has 0 saturated carbocycles. The predicted molar refractivity (Wildman–Crippen MR) is 60.8 cm³/mol. The lowest BCUT2D eigenvalue weighted by Crippen LogP contribution is -2.19. The molecule has 7 heteroatoms. The molecule has 0 unspecified atom stereocenters. The zero-order chi connectivity index (χ0) is 12.6. The number of fused-ring (bicyclic) bond motifs is 1. The van der Waals surface area contributed by atoms with Crippen LogP contribution in [-0.2, 0) is 7.05 Å². The molecular formula is C10H10N4O3. The summed E-state index contributed by atoms with van der Waals surface area (Å²) in [6, 6.07) is 2.83. The minimum absolute atomic E-state index is 0.0357. The molecule has 17 heavy (non-hydrogen) atoms. The number of nitro groups is 1. The van der Waals surface area contributed by atoms with Crippen LogP contribution >= 0.6 is 0 Å². The van der Waals surface area contributed by atoms with Crippen molar-refractivity contribution in [2.24, 2.45) is 7.05 Å². The first kappa shape index (κ1) is 11.1. The molecule has 2 rings (SSSR count). The van der Waals surface area contributed by atoms with Gasteiger partial charge in [-0.05, 0) is 6.07 Å². The molecule has 1 aromatic heterocycles. The Hall–Kier alpha value is -2.44. The first-order chi connectivity index (χ1) is 8.04. The summed E-state index contributed by atoms with van der Waals surface area (Å²) in [5, 5.41) is 17.9. The molecule has 7 nitrogen and oxygen atoms in total. The van der Waals surface area contributed by atoms with Crippen LogP contribution in [0.3, 0.4) is 0 Å². The van der Waals surface area contributed by atoms with Gasteiger partial charge in [-0.1, -0.05) is 0 Å². The largest absolute Gasteiger partial charge is 0.355 e. The van der Waals surface area contributed by atoms with Crippen molar-refractivity contribution in [1.29, 1.82) is 0 Å². The lowest BCUT2D eigenvalue weighted by atomic mass is 10.1. The Morgan fingerprint density at radius 2 is 2.24 bits per heavy atom. The monoisotopic (exact) mass is 234 g/mol. The van der Waals surface area contributed by atoms with Gasteiger partial charge in [-0.3, -0.25) is 19.6 Å². The molecule has 0 fully saturated rings. The fourth-order valence-electron chi connectivity index (χ4n) is 1.66. The van der Waals surface area contributed by atoms with Crippen molar-refractivity contribution in [2.75, 3.05) is 7.05 Å². The van der Waals surface area contributed by atoms with E-state index >= 15 is 0 Å². The summed E-state index contributed by atoms with van der Waals surface area (Å²) in [6.07, 6.45) is 1.52. The number of amides is 1. The van der Waals surface area contributed by atoms with Gasteiger partial charge in [0, 0.05) is 25.5 Å². The summed E-state index contributed by atoms with van der Waals surface area (Å²) in [5.74, 6) is -0.486. The average Bonchev–Trinajstić information content (AvgIpc) is 2.68. The molecule has 1 heterocycles. The second-order valence-corrected chi connectivity index (χ2v) is 3.53. The lowest BCUT2D eigenvalue weighted by molar-refractivity contribution is -0.385. The maximum absolute atomic E-state index is 11.6. The Morgan fingerprint density at radius 3 is 2.82 bits per heavy atom. The predicted octanol–water partition coefficient (Wildman–Crippen LogP) is 0.841. The van der Waals surface area contributed by atoms with Crippen LogP contribution in [0, 0.1) is 10.1 Å². The van der Waals surface area contributed by atoms with Crippen molar-refractivity contribution in [3.8, 4) is 0 Å². The summed E-state index contributed by atoms with van der Waals surface area (Å²) in [4.78, 5) is 21.9. The highest BCUT2D eigenvalue weighted by molar-refractivity contribution is 6.02. The van der Waals surface area contributed by atoms with Gasteiger partial charge in [0.05, 0.1) is 16.6 Å². The fraction of sp³-hybridized carbons (Fsp3) is 0.200. The number of hydrogen-bond acceptors (Lipinski definition) is 4. The number of nitrogens with zero attached hydrogens (tertiary/aromatic N) is 3. The summed E-state index contributed by atoms with van der Waals surface area (Å²) < 4.78 is 1.56. The van der Waals surface area contributed by atoms with E-state index in [1.165, 1.54) is 25.4 Å². The number of carbonyl (C=O) groups is 1. The molecule has 0 aliphatic rings. The van der Waals surface area contributed by atoms with E-state index in [1.807, 2.05) is 0 Å². The summed E-state index contributed by atoms with van der Waals surface area (Å²) in [7, 11) is 3.14. The molecule has 0 spiro atoms. The molecule has 0 aliphatic carbocycles. The van der Waals surface area contributed by atoms with Crippen LogP contribution in [0.25, 0.3) is 10.9 Å². The van der Waals surface area contributed by atoms with Gasteiger partial charge in [-0.2, -0.15) is 5.10 Å². The average molecular weight is 234 g/mol. The molecule has 1 N–H and O–H groups in total. The van der Waals surface area contributed by atoms with Crippen LogP contribution in [0.1, 0.15) is 10.4 Å². The Kier molecular flexibility index (Phi) is 2.51. The summed E-state index contributed by atoms with van der Waals surface area (Å²) in [6.45, 7) is 0.